The maximum absolute atomic E-state index is 12.1. The number of hydrogen-bond acceptors (Lipinski definition) is 7. The summed E-state index contributed by atoms with van der Waals surface area (Å²) >= 11 is 0. The number of nitrogens with zero attached hydrogens (tertiary/aromatic N) is 1. The fraction of sp³-hybridized carbons (Fsp3) is 0.371. The highest BCUT2D eigenvalue weighted by molar-refractivity contribution is 5.88. The summed E-state index contributed by atoms with van der Waals surface area (Å²) in [6, 6.07) is 23.8. The average molecular weight is 616 g/mol. The van der Waals surface area contributed by atoms with Gasteiger partial charge in [0, 0.05) is 43.4 Å². The van der Waals surface area contributed by atoms with Crippen molar-refractivity contribution in [1.29, 1.82) is 0 Å². The Morgan fingerprint density at radius 3 is 2.58 bits per heavy atom. The summed E-state index contributed by atoms with van der Waals surface area (Å²) in [5, 5.41) is 17.7. The Balaban J connectivity index is 1.09. The molecule has 6 N–H and O–H groups in total. The Bertz CT molecular complexity index is 1540. The van der Waals surface area contributed by atoms with Gasteiger partial charge in [-0.25, -0.2) is 4.79 Å². The Hall–Kier alpha value is -4.22. The minimum absolute atomic E-state index is 0.214. The maximum atomic E-state index is 12.1. The molecule has 4 rings (SSSR count). The summed E-state index contributed by atoms with van der Waals surface area (Å²) in [5.74, 6) is 0.577. The average Bonchev–Trinajstić information content (AvgIpc) is 3.02. The van der Waals surface area contributed by atoms with E-state index < -0.39 is 12.1 Å². The number of aliphatic hydroxyl groups is 1. The quantitative estimate of drug-likeness (QED) is 0.0942. The number of hydrogen-bond donors (Lipinski definition) is 5. The number of amides is 2. The van der Waals surface area contributed by atoms with Crippen molar-refractivity contribution in [2.24, 2.45) is 5.73 Å². The molecule has 10 nitrogen and oxygen atoms in total. The van der Waals surface area contributed by atoms with E-state index in [0.29, 0.717) is 36.7 Å². The standard InChI is InChI=1S/C35H45N5O5/c1-40(24-27-12-9-13-28(22-27)38-35(36)43)19-21-44-20-8-3-2-7-18-37-23-31(41)29-14-16-32(34-30(29)15-17-33(42)39-34)45-25-26-10-5-4-6-11-26/h4-6,9-17,22,31,37,41H,2-3,7-8,18-21,23-25H2,1H3,(H,39,42)(H3,36,38,43)/t31-/m1/s1. The van der Waals surface area contributed by atoms with Crippen LogP contribution in [0.15, 0.2) is 83.7 Å². The number of primary amides is 1. The van der Waals surface area contributed by atoms with E-state index in [4.69, 9.17) is 15.2 Å². The number of H-pyrrole nitrogens is 1. The molecule has 0 fully saturated rings. The monoisotopic (exact) mass is 615 g/mol. The molecule has 4 aromatic rings. The minimum Gasteiger partial charge on any atom is -0.487 e. The molecule has 0 saturated carbocycles. The molecule has 0 aliphatic carbocycles. The largest absolute Gasteiger partial charge is 0.487 e. The Labute approximate surface area is 264 Å². The van der Waals surface area contributed by atoms with Crippen molar-refractivity contribution < 1.29 is 19.4 Å². The molecule has 0 aliphatic rings. The Morgan fingerprint density at radius 1 is 0.956 bits per heavy atom. The van der Waals surface area contributed by atoms with Crippen molar-refractivity contribution in [3.63, 3.8) is 0 Å². The number of fused-ring (bicyclic) bond motifs is 1. The summed E-state index contributed by atoms with van der Waals surface area (Å²) in [6.45, 7) is 4.58. The molecule has 0 saturated heterocycles. The molecule has 0 aliphatic heterocycles. The number of aromatic nitrogens is 1. The van der Waals surface area contributed by atoms with Crippen molar-refractivity contribution in [2.75, 3.05) is 45.2 Å². The third-order valence-corrected chi connectivity index (χ3v) is 7.48. The molecule has 0 bridgehead atoms. The number of ether oxygens (including phenoxy) is 2. The molecule has 240 valence electrons. The molecule has 0 spiro atoms. The van der Waals surface area contributed by atoms with Gasteiger partial charge in [-0.05, 0) is 67.4 Å². The van der Waals surface area contributed by atoms with Crippen LogP contribution in [0, 0.1) is 0 Å². The molecule has 2 amide bonds. The molecule has 45 heavy (non-hydrogen) atoms. The van der Waals surface area contributed by atoms with E-state index in [9.17, 15) is 14.7 Å². The third-order valence-electron chi connectivity index (χ3n) is 7.48. The minimum atomic E-state index is -0.719. The van der Waals surface area contributed by atoms with Crippen LogP contribution >= 0.6 is 0 Å². The van der Waals surface area contributed by atoms with E-state index in [1.54, 1.807) is 6.07 Å². The van der Waals surface area contributed by atoms with E-state index in [1.165, 1.54) is 6.07 Å². The van der Waals surface area contributed by atoms with Gasteiger partial charge in [0.05, 0.1) is 18.2 Å². The molecular weight excluding hydrogens is 570 g/mol. The fourth-order valence-electron chi connectivity index (χ4n) is 5.15. The second-order valence-corrected chi connectivity index (χ2v) is 11.2. The van der Waals surface area contributed by atoms with Crippen LogP contribution in [0.4, 0.5) is 10.5 Å². The SMILES string of the molecule is CN(CCOCCCCCCNC[C@@H](O)c1ccc(OCc2ccccc2)c2[nH]c(=O)ccc12)Cc1cccc(NC(N)=O)c1. The van der Waals surface area contributed by atoms with Gasteiger partial charge in [0.15, 0.2) is 0 Å². The van der Waals surface area contributed by atoms with Crippen LogP contribution in [-0.2, 0) is 17.9 Å². The van der Waals surface area contributed by atoms with Gasteiger partial charge in [-0.3, -0.25) is 9.69 Å². The van der Waals surface area contributed by atoms with Gasteiger partial charge in [-0.15, -0.1) is 0 Å². The maximum Gasteiger partial charge on any atom is 0.316 e. The smallest absolute Gasteiger partial charge is 0.316 e. The summed E-state index contributed by atoms with van der Waals surface area (Å²) in [6.07, 6.45) is 3.47. The number of benzene rings is 3. The fourth-order valence-corrected chi connectivity index (χ4v) is 5.15. The highest BCUT2D eigenvalue weighted by Gasteiger charge is 2.15. The number of rotatable bonds is 19. The van der Waals surface area contributed by atoms with Crippen LogP contribution < -0.4 is 26.7 Å². The summed E-state index contributed by atoms with van der Waals surface area (Å²) in [4.78, 5) is 28.2. The Morgan fingerprint density at radius 2 is 1.76 bits per heavy atom. The summed E-state index contributed by atoms with van der Waals surface area (Å²) in [7, 11) is 2.04. The number of carbonyl (C=O) groups excluding carboxylic acids is 1. The number of carbonyl (C=O) groups is 1. The highest BCUT2D eigenvalue weighted by Crippen LogP contribution is 2.30. The van der Waals surface area contributed by atoms with Crippen LogP contribution in [0.25, 0.3) is 10.9 Å². The molecule has 10 heteroatoms. The van der Waals surface area contributed by atoms with Crippen LogP contribution in [-0.4, -0.2) is 60.9 Å². The van der Waals surface area contributed by atoms with E-state index in [1.807, 2.05) is 73.8 Å². The van der Waals surface area contributed by atoms with E-state index in [0.717, 1.165) is 74.0 Å². The number of nitrogens with two attached hydrogens (primary N) is 1. The summed E-state index contributed by atoms with van der Waals surface area (Å²) in [5.41, 5.74) is 9.14. The normalized spacial score (nSPS) is 12.0. The number of pyridine rings is 1. The lowest BCUT2D eigenvalue weighted by atomic mass is 10.0. The first-order chi connectivity index (χ1) is 21.9. The lowest BCUT2D eigenvalue weighted by molar-refractivity contribution is 0.106. The van der Waals surface area contributed by atoms with Crippen molar-refractivity contribution in [3.05, 3.63) is 106 Å². The zero-order chi connectivity index (χ0) is 31.9. The number of aromatic amines is 1. The van der Waals surface area contributed by atoms with E-state index in [2.05, 4.69) is 20.5 Å². The molecule has 3 aromatic carbocycles. The van der Waals surface area contributed by atoms with Gasteiger partial charge in [0.1, 0.15) is 12.4 Å². The van der Waals surface area contributed by atoms with Crippen LogP contribution in [0.1, 0.15) is 48.5 Å². The lowest BCUT2D eigenvalue weighted by Crippen LogP contribution is -2.23. The van der Waals surface area contributed by atoms with Crippen molar-refractivity contribution in [1.82, 2.24) is 15.2 Å². The van der Waals surface area contributed by atoms with Gasteiger partial charge in [0.2, 0.25) is 5.56 Å². The van der Waals surface area contributed by atoms with Gasteiger partial charge in [-0.2, -0.15) is 0 Å². The zero-order valence-electron chi connectivity index (χ0n) is 26.0. The number of unbranched alkanes of at least 4 members (excludes halogenated alkanes) is 3. The first kappa shape index (κ1) is 33.7. The summed E-state index contributed by atoms with van der Waals surface area (Å²) < 4.78 is 11.8. The van der Waals surface area contributed by atoms with E-state index in [-0.39, 0.29) is 5.56 Å². The molecule has 0 unspecified atom stereocenters. The number of urea groups is 1. The van der Waals surface area contributed by atoms with Crippen molar-refractivity contribution in [2.45, 2.75) is 44.9 Å². The first-order valence-electron chi connectivity index (χ1n) is 15.5. The van der Waals surface area contributed by atoms with Gasteiger partial charge in [-0.1, -0.05) is 61.4 Å². The zero-order valence-corrected chi connectivity index (χ0v) is 26.0. The van der Waals surface area contributed by atoms with Crippen LogP contribution in [0.2, 0.25) is 0 Å². The van der Waals surface area contributed by atoms with Gasteiger partial charge < -0.3 is 35.9 Å². The van der Waals surface area contributed by atoms with Gasteiger partial charge >= 0.3 is 6.03 Å². The van der Waals surface area contributed by atoms with Crippen LogP contribution in [0.3, 0.4) is 0 Å². The topological polar surface area (TPSA) is 142 Å². The number of likely N-dealkylation sites (N-methyl/N-ethyl adjacent to an activating group) is 1. The highest BCUT2D eigenvalue weighted by atomic mass is 16.5. The van der Waals surface area contributed by atoms with Gasteiger partial charge in [0.25, 0.3) is 0 Å². The number of nitrogens with one attached hydrogen (secondary N) is 3. The Kier molecular flexibility index (Phi) is 13.4. The number of anilines is 1. The van der Waals surface area contributed by atoms with E-state index >= 15 is 0 Å². The van der Waals surface area contributed by atoms with Crippen molar-refractivity contribution in [3.8, 4) is 5.75 Å². The molecule has 1 heterocycles. The first-order valence-corrected chi connectivity index (χ1v) is 15.5. The molecule has 0 radical (unpaired) electrons. The lowest BCUT2D eigenvalue weighted by Gasteiger charge is -2.17. The van der Waals surface area contributed by atoms with Crippen LogP contribution in [0.5, 0.6) is 5.75 Å². The third kappa shape index (κ3) is 11.3. The predicted molar refractivity (Wildman–Crippen MR) is 178 cm³/mol. The molecule has 1 aromatic heterocycles. The molecular formula is C35H45N5O5. The predicted octanol–water partition coefficient (Wildman–Crippen LogP) is 4.93. The number of aliphatic hydroxyl groups excluding tert-OH is 1. The second kappa shape index (κ2) is 17.9. The second-order valence-electron chi connectivity index (χ2n) is 11.2. The van der Waals surface area contributed by atoms with Crippen molar-refractivity contribution >= 4 is 22.6 Å². The molecule has 1 atom stereocenters.